The van der Waals surface area contributed by atoms with Gasteiger partial charge in [0.25, 0.3) is 0 Å². The number of ether oxygens (including phenoxy) is 1. The molecule has 0 radical (unpaired) electrons. The molecule has 5 heterocycles. The monoisotopic (exact) mass is 569 g/mol. The van der Waals surface area contributed by atoms with Crippen LogP contribution in [0, 0.1) is 0 Å². The summed E-state index contributed by atoms with van der Waals surface area (Å²) < 4.78 is 39.5. The van der Waals surface area contributed by atoms with Crippen LogP contribution in [0.4, 0.5) is 19.0 Å². The Labute approximate surface area is 234 Å². The summed E-state index contributed by atoms with van der Waals surface area (Å²) in [5.74, 6) is -1.08. The Morgan fingerprint density at radius 3 is 2.27 bits per heavy atom. The van der Waals surface area contributed by atoms with Gasteiger partial charge >= 0.3 is 12.1 Å². The van der Waals surface area contributed by atoms with Gasteiger partial charge in [-0.05, 0) is 30.5 Å². The summed E-state index contributed by atoms with van der Waals surface area (Å²) in [5.41, 5.74) is 3.26. The maximum Gasteiger partial charge on any atom is 0.490 e. The number of carboxylic acids is 1. The molecule has 2 aliphatic rings. The summed E-state index contributed by atoms with van der Waals surface area (Å²) in [6.07, 6.45) is 2.57. The molecule has 0 atom stereocenters. The first-order valence-electron chi connectivity index (χ1n) is 13.3. The summed E-state index contributed by atoms with van der Waals surface area (Å²) in [6, 6.07) is 15.0. The van der Waals surface area contributed by atoms with E-state index in [2.05, 4.69) is 49.8 Å². The fourth-order valence-electron chi connectivity index (χ4n) is 4.99. The first-order valence-corrected chi connectivity index (χ1v) is 13.3. The highest BCUT2D eigenvalue weighted by atomic mass is 19.4. The summed E-state index contributed by atoms with van der Waals surface area (Å²) in [4.78, 5) is 27.9. The summed E-state index contributed by atoms with van der Waals surface area (Å²) in [6.45, 7) is 6.19. The van der Waals surface area contributed by atoms with E-state index in [1.165, 1.54) is 5.56 Å². The smallest absolute Gasteiger partial charge is 0.475 e. The molecule has 4 aromatic rings. The number of morpholine rings is 1. The first kappa shape index (κ1) is 28.4. The first-order chi connectivity index (χ1) is 19.8. The number of aromatic nitrogens is 5. The van der Waals surface area contributed by atoms with Crippen molar-refractivity contribution in [3.8, 4) is 11.4 Å². The number of piperidine rings is 1. The van der Waals surface area contributed by atoms with Crippen molar-refractivity contribution >= 4 is 22.8 Å². The van der Waals surface area contributed by atoms with E-state index in [1.807, 2.05) is 18.3 Å². The number of benzene rings is 1. The fourth-order valence-corrected chi connectivity index (χ4v) is 4.99. The largest absolute Gasteiger partial charge is 0.490 e. The van der Waals surface area contributed by atoms with Crippen molar-refractivity contribution in [2.24, 2.45) is 0 Å². The van der Waals surface area contributed by atoms with Gasteiger partial charge < -0.3 is 14.7 Å². The topological polar surface area (TPSA) is 110 Å². The second-order valence-electron chi connectivity index (χ2n) is 9.83. The van der Waals surface area contributed by atoms with Crippen molar-refractivity contribution in [2.45, 2.75) is 31.6 Å². The third kappa shape index (κ3) is 6.98. The predicted octanol–water partition coefficient (Wildman–Crippen LogP) is 4.20. The van der Waals surface area contributed by atoms with Gasteiger partial charge in [-0.25, -0.2) is 19.4 Å². The number of carbonyl (C=O) groups is 1. The van der Waals surface area contributed by atoms with E-state index in [1.54, 1.807) is 12.4 Å². The van der Waals surface area contributed by atoms with Gasteiger partial charge in [0.15, 0.2) is 11.5 Å². The van der Waals surface area contributed by atoms with Gasteiger partial charge in [-0.3, -0.25) is 9.88 Å². The number of likely N-dealkylation sites (tertiary alicyclic amines) is 1. The summed E-state index contributed by atoms with van der Waals surface area (Å²) in [7, 11) is 0. The molecular weight excluding hydrogens is 539 g/mol. The Kier molecular flexibility index (Phi) is 8.74. The molecule has 216 valence electrons. The molecular formula is C28H30F3N7O3. The number of hydrogen-bond acceptors (Lipinski definition) is 8. The average Bonchev–Trinajstić information content (AvgIpc) is 3.42. The Balaban J connectivity index is 0.000000431. The molecule has 0 amide bonds. The van der Waals surface area contributed by atoms with E-state index in [9.17, 15) is 13.2 Å². The molecule has 6 rings (SSSR count). The van der Waals surface area contributed by atoms with Gasteiger partial charge in [0.05, 0.1) is 30.8 Å². The number of carboxylic acid groups (broad SMARTS) is 1. The number of nitrogens with zero attached hydrogens (tertiary/aromatic N) is 7. The molecule has 0 bridgehead atoms. The second-order valence-corrected chi connectivity index (χ2v) is 9.83. The van der Waals surface area contributed by atoms with Gasteiger partial charge in [0.1, 0.15) is 5.82 Å². The van der Waals surface area contributed by atoms with Crippen LogP contribution in [0.5, 0.6) is 0 Å². The molecule has 1 N–H and O–H groups in total. The summed E-state index contributed by atoms with van der Waals surface area (Å²) in [5, 5.41) is 13.0. The second kappa shape index (κ2) is 12.6. The zero-order valence-corrected chi connectivity index (χ0v) is 22.2. The third-order valence-electron chi connectivity index (χ3n) is 7.08. The predicted molar refractivity (Wildman–Crippen MR) is 145 cm³/mol. The van der Waals surface area contributed by atoms with Crippen LogP contribution in [0.2, 0.25) is 0 Å². The molecule has 2 fully saturated rings. The maximum atomic E-state index is 10.6. The molecule has 0 aliphatic carbocycles. The number of hydrogen-bond donors (Lipinski definition) is 1. The fraction of sp³-hybridized carbons (Fsp3) is 0.393. The van der Waals surface area contributed by atoms with Crippen LogP contribution < -0.4 is 4.90 Å². The van der Waals surface area contributed by atoms with Crippen molar-refractivity contribution < 1.29 is 27.8 Å². The number of anilines is 1. The molecule has 0 saturated carbocycles. The molecule has 41 heavy (non-hydrogen) atoms. The van der Waals surface area contributed by atoms with E-state index in [4.69, 9.17) is 29.7 Å². The van der Waals surface area contributed by atoms with Crippen LogP contribution in [0.25, 0.3) is 22.4 Å². The minimum atomic E-state index is -5.08. The number of fused-ring (bicyclic) bond motifs is 1. The van der Waals surface area contributed by atoms with Gasteiger partial charge in [0.2, 0.25) is 0 Å². The van der Waals surface area contributed by atoms with Crippen LogP contribution >= 0.6 is 0 Å². The minimum Gasteiger partial charge on any atom is -0.475 e. The number of pyridine rings is 1. The van der Waals surface area contributed by atoms with E-state index in [0.717, 1.165) is 73.8 Å². The molecule has 0 unspecified atom stereocenters. The lowest BCUT2D eigenvalue weighted by molar-refractivity contribution is -0.192. The van der Waals surface area contributed by atoms with Crippen LogP contribution in [-0.2, 0) is 16.1 Å². The zero-order chi connectivity index (χ0) is 28.8. The lowest BCUT2D eigenvalue weighted by Crippen LogP contribution is -2.37. The van der Waals surface area contributed by atoms with Crippen molar-refractivity contribution in [3.63, 3.8) is 0 Å². The van der Waals surface area contributed by atoms with Gasteiger partial charge in [-0.15, -0.1) is 0 Å². The molecule has 2 aliphatic heterocycles. The average molecular weight is 570 g/mol. The van der Waals surface area contributed by atoms with E-state index >= 15 is 0 Å². The Morgan fingerprint density at radius 1 is 0.976 bits per heavy atom. The zero-order valence-electron chi connectivity index (χ0n) is 22.2. The van der Waals surface area contributed by atoms with Crippen LogP contribution in [0.1, 0.15) is 24.4 Å². The van der Waals surface area contributed by atoms with Gasteiger partial charge in [-0.2, -0.15) is 18.3 Å². The van der Waals surface area contributed by atoms with Crippen molar-refractivity contribution in [2.75, 3.05) is 44.3 Å². The number of halogens is 3. The quantitative estimate of drug-likeness (QED) is 0.378. The lowest BCUT2D eigenvalue weighted by atomic mass is 10.0. The molecule has 10 nitrogen and oxygen atoms in total. The number of aliphatic carboxylic acids is 1. The van der Waals surface area contributed by atoms with Crippen molar-refractivity contribution in [1.82, 2.24) is 29.6 Å². The highest BCUT2D eigenvalue weighted by molar-refractivity contribution is 5.89. The maximum absolute atomic E-state index is 10.6. The SMILES string of the molecule is O=C(O)C(F)(F)F.c1ccc(CN2CCC(n3ncc4c(N5CCOCC5)nc(-c5ccncc5)nc43)CC2)cc1. The highest BCUT2D eigenvalue weighted by Gasteiger charge is 2.38. The molecule has 3 aromatic heterocycles. The van der Waals surface area contributed by atoms with E-state index in [0.29, 0.717) is 19.3 Å². The standard InChI is InChI=1S/C26H29N7O.C2HF3O2/c1-2-4-20(5-3-1)19-31-12-8-22(9-13-31)33-26-23(18-28-33)25(32-14-16-34-17-15-32)29-24(30-26)21-6-10-27-11-7-21;3-2(4,5)1(6)7/h1-7,10-11,18,22H,8-9,12-17,19H2;(H,6,7). The van der Waals surface area contributed by atoms with Crippen LogP contribution in [-0.4, -0.2) is 86.3 Å². The van der Waals surface area contributed by atoms with Crippen molar-refractivity contribution in [1.29, 1.82) is 0 Å². The van der Waals surface area contributed by atoms with Gasteiger partial charge in [0, 0.05) is 50.7 Å². The van der Waals surface area contributed by atoms with E-state index in [-0.39, 0.29) is 0 Å². The molecule has 0 spiro atoms. The third-order valence-corrected chi connectivity index (χ3v) is 7.08. The molecule has 13 heteroatoms. The number of rotatable bonds is 5. The van der Waals surface area contributed by atoms with Crippen LogP contribution in [0.15, 0.2) is 61.1 Å². The Morgan fingerprint density at radius 2 is 1.63 bits per heavy atom. The molecule has 1 aromatic carbocycles. The Hall–Kier alpha value is -4.10. The summed E-state index contributed by atoms with van der Waals surface area (Å²) >= 11 is 0. The normalized spacial score (nSPS) is 16.8. The molecule has 2 saturated heterocycles. The van der Waals surface area contributed by atoms with Crippen LogP contribution in [0.3, 0.4) is 0 Å². The Bertz CT molecular complexity index is 1440. The number of alkyl halides is 3. The van der Waals surface area contributed by atoms with E-state index < -0.39 is 12.1 Å². The van der Waals surface area contributed by atoms with Crippen molar-refractivity contribution in [3.05, 3.63) is 66.6 Å². The lowest BCUT2D eigenvalue weighted by Gasteiger charge is -2.32. The van der Waals surface area contributed by atoms with Gasteiger partial charge in [-0.1, -0.05) is 30.3 Å². The minimum absolute atomic E-state index is 0.335. The highest BCUT2D eigenvalue weighted by Crippen LogP contribution is 2.32.